The Labute approximate surface area is 143 Å². The Balaban J connectivity index is 1.98. The summed E-state index contributed by atoms with van der Waals surface area (Å²) in [5, 5.41) is 5.95. The van der Waals surface area contributed by atoms with Crippen molar-refractivity contribution in [2.45, 2.75) is 0 Å². The Kier molecular flexibility index (Phi) is 5.35. The second-order valence-electron chi connectivity index (χ2n) is 4.66. The second-order valence-corrected chi connectivity index (χ2v) is 7.22. The maximum Gasteiger partial charge on any atom is 0.323 e. The van der Waals surface area contributed by atoms with Crippen LogP contribution in [0, 0.1) is 0 Å². The highest BCUT2D eigenvalue weighted by molar-refractivity contribution is 7.92. The van der Waals surface area contributed by atoms with Gasteiger partial charge in [-0.2, -0.15) is 0 Å². The lowest BCUT2D eigenvalue weighted by molar-refractivity contribution is 0.262. The summed E-state index contributed by atoms with van der Waals surface area (Å²) in [5.74, 6) is 0. The molecular weight excluding hydrogens is 361 g/mol. The standard InChI is InChI=1S/C14H13Cl2N3O3S/c1-23(21,22)19-10-4-2-9(3-5-10)17-14(20)18-11-6-7-12(15)13(16)8-11/h2-8,19H,1H3,(H2,17,18,20). The first-order valence-electron chi connectivity index (χ1n) is 6.34. The van der Waals surface area contributed by atoms with E-state index in [9.17, 15) is 13.2 Å². The van der Waals surface area contributed by atoms with Gasteiger partial charge in [0.25, 0.3) is 0 Å². The van der Waals surface area contributed by atoms with Crippen molar-refractivity contribution in [3.63, 3.8) is 0 Å². The fourth-order valence-electron chi connectivity index (χ4n) is 1.70. The van der Waals surface area contributed by atoms with E-state index < -0.39 is 16.1 Å². The Morgan fingerprint density at radius 1 is 0.870 bits per heavy atom. The molecule has 0 atom stereocenters. The lowest BCUT2D eigenvalue weighted by Gasteiger charge is -2.09. The zero-order valence-corrected chi connectivity index (χ0v) is 14.3. The predicted molar refractivity (Wildman–Crippen MR) is 94.0 cm³/mol. The van der Waals surface area contributed by atoms with Crippen molar-refractivity contribution in [3.8, 4) is 0 Å². The fourth-order valence-corrected chi connectivity index (χ4v) is 2.57. The zero-order chi connectivity index (χ0) is 17.0. The molecule has 0 fully saturated rings. The van der Waals surface area contributed by atoms with Crippen molar-refractivity contribution in [3.05, 3.63) is 52.5 Å². The lowest BCUT2D eigenvalue weighted by atomic mass is 10.3. The van der Waals surface area contributed by atoms with E-state index in [1.807, 2.05) is 0 Å². The van der Waals surface area contributed by atoms with Crippen molar-refractivity contribution < 1.29 is 13.2 Å². The zero-order valence-electron chi connectivity index (χ0n) is 11.9. The maximum atomic E-state index is 11.9. The van der Waals surface area contributed by atoms with Crippen LogP contribution in [0.25, 0.3) is 0 Å². The third kappa shape index (κ3) is 5.63. The van der Waals surface area contributed by atoms with Crippen LogP contribution in [0.15, 0.2) is 42.5 Å². The number of benzene rings is 2. The van der Waals surface area contributed by atoms with Gasteiger partial charge in [-0.05, 0) is 42.5 Å². The smallest absolute Gasteiger partial charge is 0.308 e. The molecule has 0 aromatic heterocycles. The quantitative estimate of drug-likeness (QED) is 0.756. The van der Waals surface area contributed by atoms with Crippen molar-refractivity contribution >= 4 is 56.3 Å². The highest BCUT2D eigenvalue weighted by Crippen LogP contribution is 2.25. The average molecular weight is 374 g/mol. The molecule has 2 aromatic carbocycles. The van der Waals surface area contributed by atoms with E-state index in [1.54, 1.807) is 24.3 Å². The van der Waals surface area contributed by atoms with Crippen molar-refractivity contribution in [1.29, 1.82) is 0 Å². The number of halogens is 2. The van der Waals surface area contributed by atoms with Crippen LogP contribution in [0.3, 0.4) is 0 Å². The van der Waals surface area contributed by atoms with Crippen LogP contribution in [-0.4, -0.2) is 20.7 Å². The number of carbonyl (C=O) groups excluding carboxylic acids is 1. The molecule has 0 radical (unpaired) electrons. The number of anilines is 3. The van der Waals surface area contributed by atoms with E-state index in [4.69, 9.17) is 23.2 Å². The van der Waals surface area contributed by atoms with E-state index >= 15 is 0 Å². The van der Waals surface area contributed by atoms with Gasteiger partial charge in [-0.3, -0.25) is 4.72 Å². The molecule has 0 heterocycles. The summed E-state index contributed by atoms with van der Waals surface area (Å²) in [6.45, 7) is 0. The van der Waals surface area contributed by atoms with E-state index in [1.165, 1.54) is 18.2 Å². The maximum absolute atomic E-state index is 11.9. The minimum absolute atomic E-state index is 0.334. The molecule has 23 heavy (non-hydrogen) atoms. The highest BCUT2D eigenvalue weighted by Gasteiger charge is 2.06. The number of sulfonamides is 1. The third-order valence-electron chi connectivity index (χ3n) is 2.62. The van der Waals surface area contributed by atoms with E-state index in [2.05, 4.69) is 15.4 Å². The Morgan fingerprint density at radius 2 is 1.39 bits per heavy atom. The molecule has 6 nitrogen and oxygen atoms in total. The highest BCUT2D eigenvalue weighted by atomic mass is 35.5. The van der Waals surface area contributed by atoms with Crippen LogP contribution in [0.1, 0.15) is 0 Å². The molecule has 3 N–H and O–H groups in total. The third-order valence-corrected chi connectivity index (χ3v) is 3.97. The van der Waals surface area contributed by atoms with Gasteiger partial charge >= 0.3 is 6.03 Å². The van der Waals surface area contributed by atoms with Gasteiger partial charge in [0.1, 0.15) is 0 Å². The summed E-state index contributed by atoms with van der Waals surface area (Å²) >= 11 is 11.7. The summed E-state index contributed by atoms with van der Waals surface area (Å²) in [5.41, 5.74) is 1.40. The summed E-state index contributed by atoms with van der Waals surface area (Å²) in [6, 6.07) is 10.5. The van der Waals surface area contributed by atoms with E-state index in [-0.39, 0.29) is 0 Å². The first kappa shape index (κ1) is 17.4. The molecule has 122 valence electrons. The molecule has 2 rings (SSSR count). The van der Waals surface area contributed by atoms with Gasteiger partial charge in [-0.25, -0.2) is 13.2 Å². The van der Waals surface area contributed by atoms with Gasteiger partial charge in [-0.15, -0.1) is 0 Å². The lowest BCUT2D eigenvalue weighted by Crippen LogP contribution is -2.19. The molecule has 9 heteroatoms. The van der Waals surface area contributed by atoms with Crippen LogP contribution < -0.4 is 15.4 Å². The van der Waals surface area contributed by atoms with Gasteiger partial charge in [0.05, 0.1) is 16.3 Å². The number of hydrogen-bond acceptors (Lipinski definition) is 3. The molecule has 0 unspecified atom stereocenters. The van der Waals surface area contributed by atoms with E-state index in [0.29, 0.717) is 27.1 Å². The van der Waals surface area contributed by atoms with Crippen LogP contribution in [0.5, 0.6) is 0 Å². The molecule has 0 aliphatic carbocycles. The first-order valence-corrected chi connectivity index (χ1v) is 8.98. The van der Waals surface area contributed by atoms with Gasteiger partial charge in [0.2, 0.25) is 10.0 Å². The van der Waals surface area contributed by atoms with Gasteiger partial charge in [-0.1, -0.05) is 23.2 Å². The molecule has 0 bridgehead atoms. The summed E-state index contributed by atoms with van der Waals surface area (Å²) in [4.78, 5) is 11.9. The summed E-state index contributed by atoms with van der Waals surface area (Å²) < 4.78 is 24.5. The molecular formula is C14H13Cl2N3O3S. The number of amides is 2. The van der Waals surface area contributed by atoms with Crippen molar-refractivity contribution in [2.75, 3.05) is 21.6 Å². The number of nitrogens with one attached hydrogen (secondary N) is 3. The van der Waals surface area contributed by atoms with Crippen LogP contribution >= 0.6 is 23.2 Å². The fraction of sp³-hybridized carbons (Fsp3) is 0.0714. The summed E-state index contributed by atoms with van der Waals surface area (Å²) in [7, 11) is -3.33. The van der Waals surface area contributed by atoms with Crippen LogP contribution in [0.2, 0.25) is 10.0 Å². The molecule has 0 saturated carbocycles. The first-order chi connectivity index (χ1) is 10.7. The molecule has 0 aliphatic heterocycles. The summed E-state index contributed by atoms with van der Waals surface area (Å²) in [6.07, 6.45) is 1.06. The van der Waals surface area contributed by atoms with Gasteiger partial charge < -0.3 is 10.6 Å². The number of hydrogen-bond donors (Lipinski definition) is 3. The Morgan fingerprint density at radius 3 is 1.96 bits per heavy atom. The second kappa shape index (κ2) is 7.08. The molecule has 0 aliphatic rings. The number of carbonyl (C=O) groups is 1. The number of rotatable bonds is 4. The molecule has 2 amide bonds. The Hall–Kier alpha value is -1.96. The monoisotopic (exact) mass is 373 g/mol. The number of urea groups is 1. The molecule has 2 aromatic rings. The SMILES string of the molecule is CS(=O)(=O)Nc1ccc(NC(=O)Nc2ccc(Cl)c(Cl)c2)cc1. The predicted octanol–water partition coefficient (Wildman–Crippen LogP) is 4.01. The molecule has 0 spiro atoms. The average Bonchev–Trinajstić information content (AvgIpc) is 2.43. The Bertz CT molecular complexity index is 824. The largest absolute Gasteiger partial charge is 0.323 e. The van der Waals surface area contributed by atoms with Gasteiger partial charge in [0, 0.05) is 17.1 Å². The normalized spacial score (nSPS) is 10.9. The van der Waals surface area contributed by atoms with Crippen molar-refractivity contribution in [2.24, 2.45) is 0 Å². The van der Waals surface area contributed by atoms with Crippen molar-refractivity contribution in [1.82, 2.24) is 0 Å². The minimum atomic E-state index is -3.33. The van der Waals surface area contributed by atoms with Crippen LogP contribution in [-0.2, 0) is 10.0 Å². The van der Waals surface area contributed by atoms with Gasteiger partial charge in [0.15, 0.2) is 0 Å². The topological polar surface area (TPSA) is 87.3 Å². The minimum Gasteiger partial charge on any atom is -0.308 e. The van der Waals surface area contributed by atoms with E-state index in [0.717, 1.165) is 6.26 Å². The van der Waals surface area contributed by atoms with Crippen LogP contribution in [0.4, 0.5) is 21.9 Å². The molecule has 0 saturated heterocycles.